The number of carbonyl (C=O) groups excluding carboxylic acids is 1. The van der Waals surface area contributed by atoms with Crippen LogP contribution < -0.4 is 5.73 Å². The summed E-state index contributed by atoms with van der Waals surface area (Å²) < 4.78 is 4.90. The largest absolute Gasteiger partial charge is 0.466 e. The average molecular weight is 219 g/mol. The van der Waals surface area contributed by atoms with Crippen LogP contribution >= 0.6 is 11.8 Å². The molecule has 0 radical (unpaired) electrons. The highest BCUT2D eigenvalue weighted by atomic mass is 32.2. The lowest BCUT2D eigenvalue weighted by Gasteiger charge is -2.12. The van der Waals surface area contributed by atoms with Gasteiger partial charge < -0.3 is 10.5 Å². The number of esters is 1. The Morgan fingerprint density at radius 3 is 2.57 bits per heavy atom. The molecule has 0 aliphatic rings. The highest BCUT2D eigenvalue weighted by molar-refractivity contribution is 7.99. The quantitative estimate of drug-likeness (QED) is 0.662. The molecule has 0 heterocycles. The monoisotopic (exact) mass is 219 g/mol. The molecule has 0 aliphatic heterocycles. The van der Waals surface area contributed by atoms with Crippen molar-refractivity contribution in [3.63, 3.8) is 0 Å². The summed E-state index contributed by atoms with van der Waals surface area (Å²) >= 11 is 1.72. The normalized spacial score (nSPS) is 14.9. The van der Waals surface area contributed by atoms with Gasteiger partial charge in [0.15, 0.2) is 0 Å². The standard InChI is InChI=1S/C10H21NO2S/c1-4-9(11)7-14-6-8(3)10(12)13-5-2/h8-9H,4-7,11H2,1-3H3. The zero-order valence-corrected chi connectivity index (χ0v) is 10.1. The van der Waals surface area contributed by atoms with Gasteiger partial charge in [0, 0.05) is 17.5 Å². The van der Waals surface area contributed by atoms with Gasteiger partial charge in [-0.15, -0.1) is 0 Å². The molecule has 2 N–H and O–H groups in total. The lowest BCUT2D eigenvalue weighted by Crippen LogP contribution is -2.23. The Balaban J connectivity index is 3.52. The molecule has 0 fully saturated rings. The molecular formula is C10H21NO2S. The van der Waals surface area contributed by atoms with Gasteiger partial charge in [-0.3, -0.25) is 4.79 Å². The Bertz CT molecular complexity index is 164. The van der Waals surface area contributed by atoms with Crippen molar-refractivity contribution in [1.29, 1.82) is 0 Å². The second-order valence-corrected chi connectivity index (χ2v) is 4.43. The number of nitrogens with two attached hydrogens (primary N) is 1. The number of ether oxygens (including phenoxy) is 1. The molecule has 84 valence electrons. The molecule has 2 unspecified atom stereocenters. The first-order chi connectivity index (χ1) is 6.61. The maximum Gasteiger partial charge on any atom is 0.309 e. The summed E-state index contributed by atoms with van der Waals surface area (Å²) in [5, 5.41) is 0. The highest BCUT2D eigenvalue weighted by Gasteiger charge is 2.13. The lowest BCUT2D eigenvalue weighted by molar-refractivity contribution is -0.146. The molecule has 14 heavy (non-hydrogen) atoms. The Morgan fingerprint density at radius 1 is 1.43 bits per heavy atom. The molecule has 0 amide bonds. The molecule has 0 aromatic heterocycles. The van der Waals surface area contributed by atoms with Crippen LogP contribution in [0.3, 0.4) is 0 Å². The third kappa shape index (κ3) is 6.27. The molecule has 0 saturated heterocycles. The van der Waals surface area contributed by atoms with E-state index in [1.807, 2.05) is 13.8 Å². The summed E-state index contributed by atoms with van der Waals surface area (Å²) in [4.78, 5) is 11.2. The fourth-order valence-electron chi connectivity index (χ4n) is 0.867. The summed E-state index contributed by atoms with van der Waals surface area (Å²) in [5.74, 6) is 1.58. The molecule has 3 nitrogen and oxygen atoms in total. The third-order valence-corrected chi connectivity index (χ3v) is 3.31. The van der Waals surface area contributed by atoms with E-state index in [1.54, 1.807) is 11.8 Å². The van der Waals surface area contributed by atoms with Crippen LogP contribution in [0.1, 0.15) is 27.2 Å². The summed E-state index contributed by atoms with van der Waals surface area (Å²) in [6, 6.07) is 0.245. The number of carbonyl (C=O) groups is 1. The molecule has 4 heteroatoms. The van der Waals surface area contributed by atoms with Crippen molar-refractivity contribution in [1.82, 2.24) is 0 Å². The summed E-state index contributed by atoms with van der Waals surface area (Å²) in [7, 11) is 0. The third-order valence-electron chi connectivity index (χ3n) is 1.91. The van der Waals surface area contributed by atoms with Crippen molar-refractivity contribution in [2.24, 2.45) is 11.7 Å². The van der Waals surface area contributed by atoms with Crippen molar-refractivity contribution in [2.45, 2.75) is 33.2 Å². The Kier molecular flexibility index (Phi) is 7.99. The Labute approximate surface area is 90.8 Å². The Morgan fingerprint density at radius 2 is 2.07 bits per heavy atom. The number of rotatable bonds is 7. The smallest absolute Gasteiger partial charge is 0.309 e. The maximum absolute atomic E-state index is 11.2. The second-order valence-electron chi connectivity index (χ2n) is 3.36. The minimum absolute atomic E-state index is 0.0241. The molecule has 0 spiro atoms. The first-order valence-corrected chi connectivity index (χ1v) is 6.27. The zero-order valence-electron chi connectivity index (χ0n) is 9.29. The van der Waals surface area contributed by atoms with E-state index in [1.165, 1.54) is 0 Å². The first-order valence-electron chi connectivity index (χ1n) is 5.11. The van der Waals surface area contributed by atoms with Crippen LogP contribution in [-0.2, 0) is 9.53 Å². The zero-order chi connectivity index (χ0) is 11.0. The fraction of sp³-hybridized carbons (Fsp3) is 0.900. The van der Waals surface area contributed by atoms with Gasteiger partial charge in [-0.05, 0) is 13.3 Å². The van der Waals surface area contributed by atoms with Crippen LogP contribution in [0.2, 0.25) is 0 Å². The summed E-state index contributed by atoms with van der Waals surface area (Å²) in [6.45, 7) is 6.25. The molecule has 0 saturated carbocycles. The molecule has 0 aliphatic carbocycles. The molecule has 2 atom stereocenters. The van der Waals surface area contributed by atoms with Gasteiger partial charge in [0.25, 0.3) is 0 Å². The van der Waals surface area contributed by atoms with Gasteiger partial charge in [-0.1, -0.05) is 13.8 Å². The van der Waals surface area contributed by atoms with E-state index in [4.69, 9.17) is 10.5 Å². The van der Waals surface area contributed by atoms with Gasteiger partial charge >= 0.3 is 5.97 Å². The van der Waals surface area contributed by atoms with Gasteiger partial charge in [0.2, 0.25) is 0 Å². The van der Waals surface area contributed by atoms with Crippen LogP contribution in [0.5, 0.6) is 0 Å². The number of thioether (sulfide) groups is 1. The molecule has 0 aromatic rings. The van der Waals surface area contributed by atoms with Crippen LogP contribution in [0.4, 0.5) is 0 Å². The van der Waals surface area contributed by atoms with E-state index in [0.29, 0.717) is 6.61 Å². The van der Waals surface area contributed by atoms with Gasteiger partial charge in [0.05, 0.1) is 12.5 Å². The van der Waals surface area contributed by atoms with E-state index >= 15 is 0 Å². The van der Waals surface area contributed by atoms with Crippen LogP contribution in [0.15, 0.2) is 0 Å². The predicted molar refractivity (Wildman–Crippen MR) is 61.4 cm³/mol. The predicted octanol–water partition coefficient (Wildman–Crippen LogP) is 1.66. The SMILES string of the molecule is CCOC(=O)C(C)CSCC(N)CC. The van der Waals surface area contributed by atoms with Crippen molar-refractivity contribution >= 4 is 17.7 Å². The van der Waals surface area contributed by atoms with E-state index in [0.717, 1.165) is 17.9 Å². The van der Waals surface area contributed by atoms with Crippen LogP contribution in [0, 0.1) is 5.92 Å². The molecular weight excluding hydrogens is 198 g/mol. The van der Waals surface area contributed by atoms with E-state index in [-0.39, 0.29) is 17.9 Å². The average Bonchev–Trinajstić information content (AvgIpc) is 2.17. The van der Waals surface area contributed by atoms with Crippen molar-refractivity contribution in [2.75, 3.05) is 18.1 Å². The first kappa shape index (κ1) is 13.8. The van der Waals surface area contributed by atoms with E-state index < -0.39 is 0 Å². The minimum Gasteiger partial charge on any atom is -0.466 e. The maximum atomic E-state index is 11.2. The molecule has 0 bridgehead atoms. The van der Waals surface area contributed by atoms with Crippen LogP contribution in [0.25, 0.3) is 0 Å². The van der Waals surface area contributed by atoms with Crippen molar-refractivity contribution < 1.29 is 9.53 Å². The highest BCUT2D eigenvalue weighted by Crippen LogP contribution is 2.11. The van der Waals surface area contributed by atoms with Crippen molar-refractivity contribution in [3.05, 3.63) is 0 Å². The minimum atomic E-state index is -0.106. The van der Waals surface area contributed by atoms with E-state index in [2.05, 4.69) is 6.92 Å². The van der Waals surface area contributed by atoms with Crippen molar-refractivity contribution in [3.8, 4) is 0 Å². The summed E-state index contributed by atoms with van der Waals surface area (Å²) in [6.07, 6.45) is 0.987. The number of hydrogen-bond acceptors (Lipinski definition) is 4. The lowest BCUT2D eigenvalue weighted by atomic mass is 10.2. The number of hydrogen-bond donors (Lipinski definition) is 1. The molecule has 0 aromatic carbocycles. The van der Waals surface area contributed by atoms with Crippen LogP contribution in [-0.4, -0.2) is 30.1 Å². The topological polar surface area (TPSA) is 52.3 Å². The van der Waals surface area contributed by atoms with Gasteiger partial charge in [-0.25, -0.2) is 0 Å². The Hall–Kier alpha value is -0.220. The summed E-state index contributed by atoms with van der Waals surface area (Å²) in [5.41, 5.74) is 5.76. The van der Waals surface area contributed by atoms with E-state index in [9.17, 15) is 4.79 Å². The van der Waals surface area contributed by atoms with Gasteiger partial charge in [-0.2, -0.15) is 11.8 Å². The second kappa shape index (κ2) is 8.12. The van der Waals surface area contributed by atoms with Gasteiger partial charge in [0.1, 0.15) is 0 Å². The molecule has 0 rings (SSSR count). The fourth-order valence-corrected chi connectivity index (χ4v) is 2.03.